The van der Waals surface area contributed by atoms with Gasteiger partial charge in [0.15, 0.2) is 0 Å². The van der Waals surface area contributed by atoms with Crippen molar-refractivity contribution in [2.45, 2.75) is 45.7 Å². The fraction of sp³-hybridized carbons (Fsp3) is 0.643. The van der Waals surface area contributed by atoms with Crippen LogP contribution in [0.2, 0.25) is 0 Å². The van der Waals surface area contributed by atoms with Crippen LogP contribution in [0.3, 0.4) is 0 Å². The number of rotatable bonds is 4. The number of anilines is 2. The molecule has 0 radical (unpaired) electrons. The number of hydrogen-bond acceptors (Lipinski definition) is 6. The van der Waals surface area contributed by atoms with E-state index in [9.17, 15) is 0 Å². The van der Waals surface area contributed by atoms with Gasteiger partial charge in [0.25, 0.3) is 0 Å². The van der Waals surface area contributed by atoms with E-state index in [1.54, 1.807) is 6.92 Å². The third-order valence-electron chi connectivity index (χ3n) is 3.85. The smallest absolute Gasteiger partial charge is 0.140 e. The summed E-state index contributed by atoms with van der Waals surface area (Å²) < 4.78 is 0. The molecule has 1 aromatic heterocycles. The zero-order chi connectivity index (χ0) is 14.7. The Labute approximate surface area is 120 Å². The molecule has 1 saturated heterocycles. The van der Waals surface area contributed by atoms with Crippen LogP contribution in [0.25, 0.3) is 0 Å². The monoisotopic (exact) mass is 276 g/mol. The molecule has 20 heavy (non-hydrogen) atoms. The SMILES string of the molecule is CC(=N)c1c(N)ncnc1NC1CCN(C(C)C)CC1. The predicted molar refractivity (Wildman–Crippen MR) is 82.3 cm³/mol. The van der Waals surface area contributed by atoms with E-state index in [1.807, 2.05) is 0 Å². The Bertz CT molecular complexity index is 477. The first-order valence-corrected chi connectivity index (χ1v) is 7.15. The van der Waals surface area contributed by atoms with Crippen molar-refractivity contribution in [3.05, 3.63) is 11.9 Å². The standard InChI is InChI=1S/C14H24N6/c1-9(2)20-6-4-11(5-7-20)19-14-12(10(3)15)13(16)17-8-18-14/h8-9,11,15H,4-7H2,1-3H3,(H3,16,17,18,19). The van der Waals surface area contributed by atoms with Gasteiger partial charge in [0, 0.05) is 30.9 Å². The van der Waals surface area contributed by atoms with Crippen molar-refractivity contribution in [3.63, 3.8) is 0 Å². The van der Waals surface area contributed by atoms with Crippen LogP contribution >= 0.6 is 0 Å². The van der Waals surface area contributed by atoms with E-state index in [4.69, 9.17) is 11.1 Å². The van der Waals surface area contributed by atoms with Crippen LogP contribution in [-0.2, 0) is 0 Å². The van der Waals surface area contributed by atoms with Gasteiger partial charge in [-0.3, -0.25) is 0 Å². The second kappa shape index (κ2) is 6.17. The lowest BCUT2D eigenvalue weighted by Crippen LogP contribution is -2.42. The van der Waals surface area contributed by atoms with Gasteiger partial charge in [0.2, 0.25) is 0 Å². The fourth-order valence-corrected chi connectivity index (χ4v) is 2.63. The normalized spacial score (nSPS) is 17.4. The maximum absolute atomic E-state index is 7.81. The van der Waals surface area contributed by atoms with Gasteiger partial charge in [-0.15, -0.1) is 0 Å². The highest BCUT2D eigenvalue weighted by Crippen LogP contribution is 2.22. The minimum atomic E-state index is 0.370. The molecule has 2 rings (SSSR count). The first-order chi connectivity index (χ1) is 9.49. The number of nitrogens with two attached hydrogens (primary N) is 1. The summed E-state index contributed by atoms with van der Waals surface area (Å²) in [5.74, 6) is 1.06. The molecule has 0 amide bonds. The van der Waals surface area contributed by atoms with Gasteiger partial charge in [-0.05, 0) is 33.6 Å². The molecule has 1 aromatic rings. The molecule has 0 bridgehead atoms. The zero-order valence-electron chi connectivity index (χ0n) is 12.5. The fourth-order valence-electron chi connectivity index (χ4n) is 2.63. The first-order valence-electron chi connectivity index (χ1n) is 7.15. The van der Waals surface area contributed by atoms with E-state index >= 15 is 0 Å². The number of nitrogens with one attached hydrogen (secondary N) is 2. The van der Waals surface area contributed by atoms with Crippen molar-refractivity contribution in [2.75, 3.05) is 24.1 Å². The van der Waals surface area contributed by atoms with Crippen LogP contribution in [-0.4, -0.2) is 45.8 Å². The molecule has 0 saturated carbocycles. The predicted octanol–water partition coefficient (Wildman–Crippen LogP) is 1.73. The average molecular weight is 276 g/mol. The van der Waals surface area contributed by atoms with Crippen molar-refractivity contribution in [1.29, 1.82) is 5.41 Å². The zero-order valence-corrected chi connectivity index (χ0v) is 12.5. The number of hydrogen-bond donors (Lipinski definition) is 3. The van der Waals surface area contributed by atoms with Crippen molar-refractivity contribution in [3.8, 4) is 0 Å². The second-order valence-electron chi connectivity index (χ2n) is 5.66. The number of nitrogens with zero attached hydrogens (tertiary/aromatic N) is 3. The Morgan fingerprint density at radius 2 is 2.05 bits per heavy atom. The maximum Gasteiger partial charge on any atom is 0.140 e. The highest BCUT2D eigenvalue weighted by atomic mass is 15.2. The average Bonchev–Trinajstić information content (AvgIpc) is 2.39. The van der Waals surface area contributed by atoms with Crippen LogP contribution in [0.1, 0.15) is 39.2 Å². The van der Waals surface area contributed by atoms with Crippen molar-refractivity contribution < 1.29 is 0 Å². The highest BCUT2D eigenvalue weighted by Gasteiger charge is 2.22. The summed E-state index contributed by atoms with van der Waals surface area (Å²) in [5.41, 5.74) is 6.87. The van der Waals surface area contributed by atoms with Gasteiger partial charge in [0.1, 0.15) is 18.0 Å². The van der Waals surface area contributed by atoms with E-state index < -0.39 is 0 Å². The molecule has 1 fully saturated rings. The molecule has 1 aliphatic rings. The minimum Gasteiger partial charge on any atom is -0.383 e. The number of aromatic nitrogens is 2. The summed E-state index contributed by atoms with van der Waals surface area (Å²) in [4.78, 5) is 10.7. The van der Waals surface area contributed by atoms with Crippen LogP contribution < -0.4 is 11.1 Å². The Kier molecular flexibility index (Phi) is 4.54. The van der Waals surface area contributed by atoms with Gasteiger partial charge >= 0.3 is 0 Å². The Morgan fingerprint density at radius 3 is 2.60 bits per heavy atom. The third kappa shape index (κ3) is 3.25. The minimum absolute atomic E-state index is 0.370. The van der Waals surface area contributed by atoms with E-state index in [0.717, 1.165) is 25.9 Å². The van der Waals surface area contributed by atoms with Gasteiger partial charge in [-0.25, -0.2) is 9.97 Å². The molecular formula is C14H24N6. The molecule has 2 heterocycles. The summed E-state index contributed by atoms with van der Waals surface area (Å²) in [6.07, 6.45) is 3.62. The lowest BCUT2D eigenvalue weighted by molar-refractivity contribution is 0.177. The molecule has 110 valence electrons. The summed E-state index contributed by atoms with van der Waals surface area (Å²) in [5, 5.41) is 11.2. The van der Waals surface area contributed by atoms with Gasteiger partial charge < -0.3 is 21.4 Å². The topological polar surface area (TPSA) is 90.9 Å². The molecular weight excluding hydrogens is 252 g/mol. The van der Waals surface area contributed by atoms with Gasteiger partial charge in [-0.1, -0.05) is 0 Å². The van der Waals surface area contributed by atoms with Crippen LogP contribution in [0.15, 0.2) is 6.33 Å². The molecule has 0 spiro atoms. The summed E-state index contributed by atoms with van der Waals surface area (Å²) in [7, 11) is 0. The Balaban J connectivity index is 2.05. The highest BCUT2D eigenvalue weighted by molar-refractivity contribution is 6.04. The molecule has 0 atom stereocenters. The number of piperidine rings is 1. The number of nitrogen functional groups attached to an aromatic ring is 1. The Hall–Kier alpha value is -1.69. The van der Waals surface area contributed by atoms with Crippen molar-refractivity contribution in [1.82, 2.24) is 14.9 Å². The molecule has 0 aliphatic carbocycles. The summed E-state index contributed by atoms with van der Waals surface area (Å²) >= 11 is 0. The van der Waals surface area contributed by atoms with Gasteiger partial charge in [-0.2, -0.15) is 0 Å². The van der Waals surface area contributed by atoms with Crippen molar-refractivity contribution >= 4 is 17.3 Å². The summed E-state index contributed by atoms with van der Waals surface area (Å²) in [6, 6.07) is 0.988. The molecule has 0 unspecified atom stereocenters. The van der Waals surface area contributed by atoms with Crippen LogP contribution in [0.5, 0.6) is 0 Å². The molecule has 4 N–H and O–H groups in total. The lowest BCUT2D eigenvalue weighted by Gasteiger charge is -2.35. The number of likely N-dealkylation sites (tertiary alicyclic amines) is 1. The van der Waals surface area contributed by atoms with E-state index in [1.165, 1.54) is 6.33 Å². The quantitative estimate of drug-likeness (QED) is 0.729. The van der Waals surface area contributed by atoms with E-state index in [0.29, 0.717) is 35.0 Å². The molecule has 1 aliphatic heterocycles. The van der Waals surface area contributed by atoms with Crippen molar-refractivity contribution in [2.24, 2.45) is 0 Å². The van der Waals surface area contributed by atoms with E-state index in [-0.39, 0.29) is 0 Å². The van der Waals surface area contributed by atoms with Crippen LogP contribution in [0.4, 0.5) is 11.6 Å². The molecule has 6 heteroatoms. The lowest BCUT2D eigenvalue weighted by atomic mass is 10.0. The van der Waals surface area contributed by atoms with Crippen LogP contribution in [0, 0.1) is 5.41 Å². The largest absolute Gasteiger partial charge is 0.383 e. The summed E-state index contributed by atoms with van der Waals surface area (Å²) in [6.45, 7) is 8.36. The maximum atomic E-state index is 7.81. The van der Waals surface area contributed by atoms with Gasteiger partial charge in [0.05, 0.1) is 5.56 Å². The molecule has 6 nitrogen and oxygen atoms in total. The van der Waals surface area contributed by atoms with E-state index in [2.05, 4.69) is 34.0 Å². The third-order valence-corrected chi connectivity index (χ3v) is 3.85. The molecule has 0 aromatic carbocycles. The second-order valence-corrected chi connectivity index (χ2v) is 5.66. The first kappa shape index (κ1) is 14.7. The Morgan fingerprint density at radius 1 is 1.40 bits per heavy atom.